The number of carbonyl (C=O) groups excluding carboxylic acids is 2. The van der Waals surface area contributed by atoms with E-state index in [2.05, 4.69) is 14.7 Å². The Kier molecular flexibility index (Phi) is 10.6. The molecule has 0 fully saturated rings. The van der Waals surface area contributed by atoms with E-state index in [4.69, 9.17) is 20.8 Å². The van der Waals surface area contributed by atoms with Crippen LogP contribution in [0.1, 0.15) is 49.3 Å². The summed E-state index contributed by atoms with van der Waals surface area (Å²) >= 11 is 5.90. The van der Waals surface area contributed by atoms with Gasteiger partial charge < -0.3 is 14.5 Å². The van der Waals surface area contributed by atoms with Crippen molar-refractivity contribution in [3.05, 3.63) is 76.3 Å². The predicted octanol–water partition coefficient (Wildman–Crippen LogP) is 8.64. The Bertz CT molecular complexity index is 1750. The van der Waals surface area contributed by atoms with Crippen LogP contribution in [0.5, 0.6) is 11.5 Å². The van der Waals surface area contributed by atoms with Crippen LogP contribution in [-0.4, -0.2) is 41.7 Å². The minimum atomic E-state index is -4.87. The molecule has 1 aromatic heterocycles. The number of anilines is 1. The number of pyridine rings is 1. The maximum Gasteiger partial charge on any atom is 0.417 e. The van der Waals surface area contributed by atoms with E-state index in [0.29, 0.717) is 6.07 Å². The molecule has 8 nitrogen and oxygen atoms in total. The third-order valence-electron chi connectivity index (χ3n) is 7.26. The Hall–Kier alpha value is -3.33. The molecule has 0 aliphatic rings. The molecule has 0 bridgehead atoms. The highest BCUT2D eigenvalue weighted by Gasteiger charge is 2.40. The van der Waals surface area contributed by atoms with Crippen LogP contribution in [0.15, 0.2) is 57.8 Å². The Labute approximate surface area is 265 Å². The molecule has 2 atom stereocenters. The van der Waals surface area contributed by atoms with Crippen LogP contribution in [0.3, 0.4) is 0 Å². The molecule has 1 N–H and O–H groups in total. The molecule has 0 saturated heterocycles. The normalized spacial score (nSPS) is 14.3. The number of aromatic nitrogens is 1. The molecule has 0 radical (unpaired) electrons. The lowest BCUT2D eigenvalue weighted by molar-refractivity contribution is -0.137. The zero-order valence-corrected chi connectivity index (χ0v) is 28.5. The van der Waals surface area contributed by atoms with Gasteiger partial charge in [0.05, 0.1) is 31.6 Å². The van der Waals surface area contributed by atoms with Gasteiger partial charge in [-0.3, -0.25) is 9.59 Å². The lowest BCUT2D eigenvalue weighted by Gasteiger charge is -2.37. The van der Waals surface area contributed by atoms with Gasteiger partial charge >= 0.3 is 6.18 Å². The second-order valence-electron chi connectivity index (χ2n) is 11.9. The second-order valence-corrected chi connectivity index (χ2v) is 19.3. The Morgan fingerprint density at radius 3 is 2.29 bits per heavy atom. The van der Waals surface area contributed by atoms with Crippen molar-refractivity contribution < 1.29 is 40.5 Å². The molecule has 0 saturated carbocycles. The number of carbonyl (C=O) groups is 2. The van der Waals surface area contributed by atoms with E-state index in [9.17, 15) is 31.4 Å². The third-order valence-corrected chi connectivity index (χ3v) is 13.8. The average Bonchev–Trinajstić information content (AvgIpc) is 2.89. The van der Waals surface area contributed by atoms with Crippen molar-refractivity contribution in [3.63, 3.8) is 0 Å². The van der Waals surface area contributed by atoms with E-state index in [-0.39, 0.29) is 32.6 Å². The number of hydrogen-bond acceptors (Lipinski definition) is 6. The lowest BCUT2D eigenvalue weighted by Crippen LogP contribution is -2.45. The van der Waals surface area contributed by atoms with Gasteiger partial charge in [-0.05, 0) is 74.4 Å². The minimum absolute atomic E-state index is 0.0256. The summed E-state index contributed by atoms with van der Waals surface area (Å²) in [4.78, 5) is 29.9. The molecule has 0 aliphatic carbocycles. The third kappa shape index (κ3) is 8.90. The summed E-state index contributed by atoms with van der Waals surface area (Å²) in [5.74, 6) is -3.06. The molecule has 0 spiro atoms. The fourth-order valence-corrected chi connectivity index (χ4v) is 6.64. The molecule has 0 unspecified atom stereocenters. The van der Waals surface area contributed by atoms with Crippen molar-refractivity contribution >= 4 is 47.1 Å². The zero-order chi connectivity index (χ0) is 34.1. The Morgan fingerprint density at radius 2 is 1.71 bits per heavy atom. The van der Waals surface area contributed by atoms with Gasteiger partial charge in [0, 0.05) is 16.8 Å². The van der Waals surface area contributed by atoms with Crippen LogP contribution in [0.25, 0.3) is 0 Å². The lowest BCUT2D eigenvalue weighted by atomic mass is 10.1. The predicted molar refractivity (Wildman–Crippen MR) is 167 cm³/mol. The second kappa shape index (κ2) is 13.2. The fraction of sp³-hybridized carbons (Fsp3) is 0.367. The quantitative estimate of drug-likeness (QED) is 0.144. The first-order chi connectivity index (χ1) is 20.5. The molecular weight excluding hydrogens is 654 g/mol. The van der Waals surface area contributed by atoms with Crippen molar-refractivity contribution in [2.45, 2.75) is 69.9 Å². The highest BCUT2D eigenvalue weighted by molar-refractivity contribution is 7.93. The van der Waals surface area contributed by atoms with Gasteiger partial charge in [0.1, 0.15) is 17.6 Å². The van der Waals surface area contributed by atoms with Gasteiger partial charge in [-0.2, -0.15) is 21.9 Å². The van der Waals surface area contributed by atoms with Gasteiger partial charge in [0.15, 0.2) is 8.32 Å². The average molecular weight is 688 g/mol. The molecule has 45 heavy (non-hydrogen) atoms. The number of hydrogen-bond donors (Lipinski definition) is 1. The van der Waals surface area contributed by atoms with Gasteiger partial charge in [0.2, 0.25) is 5.95 Å². The number of nitrogens with zero attached hydrogens (tertiary/aromatic N) is 2. The number of amides is 2. The monoisotopic (exact) mass is 687 g/mol. The number of alkyl halides is 3. The number of nitrogens with one attached hydrogen (secondary N) is 1. The number of benzene rings is 2. The topological polar surface area (TPSA) is 107 Å². The summed E-state index contributed by atoms with van der Waals surface area (Å²) in [6.07, 6.45) is -4.53. The maximum absolute atomic E-state index is 13.6. The number of ether oxygens (including phenoxy) is 1. The van der Waals surface area contributed by atoms with Crippen molar-refractivity contribution in [3.8, 4) is 11.5 Å². The summed E-state index contributed by atoms with van der Waals surface area (Å²) in [6, 6.07) is 9.17. The summed E-state index contributed by atoms with van der Waals surface area (Å²) in [6.45, 7) is 12.9. The highest BCUT2D eigenvalue weighted by Crippen LogP contribution is 2.41. The van der Waals surface area contributed by atoms with Crippen LogP contribution in [0, 0.1) is 12.9 Å². The first kappa shape index (κ1) is 36.1. The van der Waals surface area contributed by atoms with E-state index in [1.54, 1.807) is 6.92 Å². The zero-order valence-electron chi connectivity index (χ0n) is 25.9. The summed E-state index contributed by atoms with van der Waals surface area (Å²) in [7, 11) is -5.63. The standard InChI is InChI=1S/C30H34ClF4N3O5SSi/c1-17-24(12-13-26(32)36-17)42-25-16-22(30(33,34)35)23(31)15-21(25)28(40)37-19-10-9-11-20(14-19)44(6,41)38-27(39)18(2)43-45(7,8)29(3,4)5/h9-16,18H,1-8H3,(H,37,40)/t18-,44+/m0/s1. The largest absolute Gasteiger partial charge is 0.455 e. The smallest absolute Gasteiger partial charge is 0.417 e. The van der Waals surface area contributed by atoms with Gasteiger partial charge in [0.25, 0.3) is 11.8 Å². The van der Waals surface area contributed by atoms with Crippen LogP contribution in [0.4, 0.5) is 23.2 Å². The number of halogens is 5. The SMILES string of the molecule is Cc1nc(F)ccc1Oc1cc(C(F)(F)F)c(Cl)cc1C(=O)Nc1cccc([S@@](C)(=O)=NC(=O)[C@H](C)O[Si](C)(C)C(C)(C)C)c1. The van der Waals surface area contributed by atoms with Crippen molar-refractivity contribution in [1.82, 2.24) is 4.98 Å². The molecule has 0 aliphatic heterocycles. The van der Waals surface area contributed by atoms with Crippen molar-refractivity contribution in [1.29, 1.82) is 0 Å². The van der Waals surface area contributed by atoms with E-state index < -0.39 is 64.4 Å². The first-order valence-corrected chi connectivity index (χ1v) is 18.8. The van der Waals surface area contributed by atoms with E-state index >= 15 is 0 Å². The summed E-state index contributed by atoms with van der Waals surface area (Å²) in [5, 5.41) is 1.60. The van der Waals surface area contributed by atoms with Gasteiger partial charge in [-0.25, -0.2) is 9.19 Å². The Balaban J connectivity index is 1.95. The van der Waals surface area contributed by atoms with Gasteiger partial charge in [-0.1, -0.05) is 38.4 Å². The van der Waals surface area contributed by atoms with E-state index in [1.807, 2.05) is 33.9 Å². The van der Waals surface area contributed by atoms with Crippen molar-refractivity contribution in [2.75, 3.05) is 11.6 Å². The molecule has 244 valence electrons. The van der Waals surface area contributed by atoms with Crippen LogP contribution in [0.2, 0.25) is 23.2 Å². The molecule has 2 aromatic carbocycles. The fourth-order valence-electron chi connectivity index (χ4n) is 3.75. The molecule has 1 heterocycles. The summed E-state index contributed by atoms with van der Waals surface area (Å²) < 4.78 is 83.6. The maximum atomic E-state index is 13.6. The summed E-state index contributed by atoms with van der Waals surface area (Å²) in [5.41, 5.74) is -1.51. The van der Waals surface area contributed by atoms with E-state index in [0.717, 1.165) is 18.2 Å². The molecule has 3 rings (SSSR count). The van der Waals surface area contributed by atoms with E-state index in [1.165, 1.54) is 37.4 Å². The van der Waals surface area contributed by atoms with Crippen LogP contribution < -0.4 is 10.1 Å². The first-order valence-electron chi connectivity index (χ1n) is 13.6. The van der Waals surface area contributed by atoms with Crippen molar-refractivity contribution in [2.24, 2.45) is 4.36 Å². The minimum Gasteiger partial charge on any atom is -0.455 e. The molecule has 3 aromatic rings. The number of rotatable bonds is 8. The molecule has 15 heteroatoms. The van der Waals surface area contributed by atoms with Gasteiger partial charge in [-0.15, -0.1) is 0 Å². The highest BCUT2D eigenvalue weighted by atomic mass is 35.5. The van der Waals surface area contributed by atoms with Crippen LogP contribution >= 0.6 is 11.6 Å². The number of aryl methyl sites for hydroxylation is 1. The molecular formula is C30H34ClF4N3O5SSi. The Morgan fingerprint density at radius 1 is 1.07 bits per heavy atom. The van der Waals surface area contributed by atoms with Crippen LogP contribution in [-0.2, 0) is 25.1 Å². The molecule has 2 amide bonds.